The average Bonchev–Trinajstić information content (AvgIpc) is 3.08. The highest BCUT2D eigenvalue weighted by molar-refractivity contribution is 5.85. The van der Waals surface area contributed by atoms with Crippen molar-refractivity contribution in [1.82, 2.24) is 0 Å². The van der Waals surface area contributed by atoms with E-state index in [0.29, 0.717) is 5.92 Å². The van der Waals surface area contributed by atoms with Crippen LogP contribution in [-0.2, 0) is 4.79 Å². The summed E-state index contributed by atoms with van der Waals surface area (Å²) in [6, 6.07) is 14.6. The Balaban J connectivity index is 1.98. The number of amides is 1. The van der Waals surface area contributed by atoms with Crippen LogP contribution in [0, 0.1) is 5.92 Å². The largest absolute Gasteiger partial charge is 0.369 e. The molecule has 2 heteroatoms. The average molecular weight is 211 g/mol. The first kappa shape index (κ1) is 9.40. The van der Waals surface area contributed by atoms with E-state index in [1.165, 1.54) is 16.3 Å². The molecule has 0 radical (unpaired) electrons. The fraction of sp³-hybridized carbons (Fsp3) is 0.214. The van der Waals surface area contributed by atoms with Gasteiger partial charge in [0.2, 0.25) is 5.91 Å². The topological polar surface area (TPSA) is 43.1 Å². The zero-order valence-corrected chi connectivity index (χ0v) is 8.89. The molecule has 2 atom stereocenters. The second-order valence-electron chi connectivity index (χ2n) is 4.46. The van der Waals surface area contributed by atoms with Gasteiger partial charge in [-0.2, -0.15) is 0 Å². The van der Waals surface area contributed by atoms with Crippen molar-refractivity contribution in [3.63, 3.8) is 0 Å². The molecule has 2 aromatic rings. The lowest BCUT2D eigenvalue weighted by Gasteiger charge is -2.02. The number of nitrogens with two attached hydrogens (primary N) is 1. The molecule has 1 fully saturated rings. The summed E-state index contributed by atoms with van der Waals surface area (Å²) in [5.41, 5.74) is 6.54. The maximum Gasteiger partial charge on any atom is 0.221 e. The molecule has 2 N–H and O–H groups in total. The van der Waals surface area contributed by atoms with Crippen molar-refractivity contribution in [2.45, 2.75) is 12.3 Å². The minimum atomic E-state index is -0.168. The molecule has 0 spiro atoms. The van der Waals surface area contributed by atoms with Crippen LogP contribution in [0.15, 0.2) is 42.5 Å². The molecule has 1 aliphatic carbocycles. The minimum Gasteiger partial charge on any atom is -0.369 e. The summed E-state index contributed by atoms with van der Waals surface area (Å²) < 4.78 is 0. The maximum atomic E-state index is 11.0. The molecule has 0 bridgehead atoms. The van der Waals surface area contributed by atoms with Gasteiger partial charge in [-0.25, -0.2) is 0 Å². The molecule has 2 nitrogen and oxygen atoms in total. The molecular weight excluding hydrogens is 198 g/mol. The maximum absolute atomic E-state index is 11.0. The molecule has 0 aliphatic heterocycles. The second-order valence-corrected chi connectivity index (χ2v) is 4.46. The molecule has 0 saturated heterocycles. The Morgan fingerprint density at radius 3 is 2.56 bits per heavy atom. The third-order valence-electron chi connectivity index (χ3n) is 3.36. The van der Waals surface area contributed by atoms with Crippen LogP contribution in [0.25, 0.3) is 10.8 Å². The van der Waals surface area contributed by atoms with Crippen molar-refractivity contribution < 1.29 is 4.79 Å². The second kappa shape index (κ2) is 3.34. The summed E-state index contributed by atoms with van der Waals surface area (Å²) >= 11 is 0. The van der Waals surface area contributed by atoms with Crippen molar-refractivity contribution in [3.8, 4) is 0 Å². The number of fused-ring (bicyclic) bond motifs is 1. The Morgan fingerprint density at radius 2 is 1.88 bits per heavy atom. The number of benzene rings is 2. The van der Waals surface area contributed by atoms with Gasteiger partial charge in [-0.1, -0.05) is 42.5 Å². The Labute approximate surface area is 94.1 Å². The molecule has 2 aromatic carbocycles. The summed E-state index contributed by atoms with van der Waals surface area (Å²) in [5, 5.41) is 2.47. The lowest BCUT2D eigenvalue weighted by atomic mass is 10.0. The zero-order valence-electron chi connectivity index (χ0n) is 8.89. The molecular formula is C14H13NO. The van der Waals surface area contributed by atoms with E-state index >= 15 is 0 Å². The highest BCUT2D eigenvalue weighted by Crippen LogP contribution is 2.47. The lowest BCUT2D eigenvalue weighted by Crippen LogP contribution is -2.13. The van der Waals surface area contributed by atoms with Gasteiger partial charge in [0.15, 0.2) is 0 Å². The van der Waals surface area contributed by atoms with Crippen LogP contribution in [0.1, 0.15) is 17.9 Å². The van der Waals surface area contributed by atoms with Crippen molar-refractivity contribution >= 4 is 16.7 Å². The highest BCUT2D eigenvalue weighted by atomic mass is 16.1. The molecule has 16 heavy (non-hydrogen) atoms. The van der Waals surface area contributed by atoms with E-state index in [-0.39, 0.29) is 11.8 Å². The summed E-state index contributed by atoms with van der Waals surface area (Å²) in [6.07, 6.45) is 0.910. The SMILES string of the molecule is NC(=O)[C@@H]1C[C@H]1c1ccc2ccccc2c1. The molecule has 0 unspecified atom stereocenters. The quantitative estimate of drug-likeness (QED) is 0.814. The Hall–Kier alpha value is -1.83. The van der Waals surface area contributed by atoms with Crippen molar-refractivity contribution in [3.05, 3.63) is 48.0 Å². The highest BCUT2D eigenvalue weighted by Gasteiger charge is 2.42. The normalized spacial score (nSPS) is 23.2. The van der Waals surface area contributed by atoms with Gasteiger partial charge < -0.3 is 5.73 Å². The number of primary amides is 1. The lowest BCUT2D eigenvalue weighted by molar-refractivity contribution is -0.119. The molecule has 0 aromatic heterocycles. The van der Waals surface area contributed by atoms with Crippen molar-refractivity contribution in [2.75, 3.05) is 0 Å². The first-order valence-corrected chi connectivity index (χ1v) is 5.54. The van der Waals surface area contributed by atoms with E-state index in [1.807, 2.05) is 12.1 Å². The van der Waals surface area contributed by atoms with E-state index in [0.717, 1.165) is 6.42 Å². The Morgan fingerprint density at radius 1 is 1.12 bits per heavy atom. The van der Waals surface area contributed by atoms with Gasteiger partial charge in [0.05, 0.1) is 0 Å². The zero-order chi connectivity index (χ0) is 11.1. The van der Waals surface area contributed by atoms with Gasteiger partial charge in [-0.15, -0.1) is 0 Å². The first-order valence-electron chi connectivity index (χ1n) is 5.54. The predicted octanol–water partition coefficient (Wildman–Crippen LogP) is 2.43. The van der Waals surface area contributed by atoms with Crippen LogP contribution >= 0.6 is 0 Å². The van der Waals surface area contributed by atoms with Gasteiger partial charge in [0.1, 0.15) is 0 Å². The summed E-state index contributed by atoms with van der Waals surface area (Å²) in [5.74, 6) is 0.237. The monoisotopic (exact) mass is 211 g/mol. The number of carbonyl (C=O) groups excluding carboxylic acids is 1. The molecule has 1 aliphatic rings. The Bertz CT molecular complexity index is 561. The molecule has 3 rings (SSSR count). The molecule has 1 amide bonds. The van der Waals surface area contributed by atoms with Gasteiger partial charge in [-0.05, 0) is 28.7 Å². The third kappa shape index (κ3) is 1.47. The first-order chi connectivity index (χ1) is 7.75. The summed E-state index contributed by atoms with van der Waals surface area (Å²) in [6.45, 7) is 0. The van der Waals surface area contributed by atoms with Crippen molar-refractivity contribution in [1.29, 1.82) is 0 Å². The van der Waals surface area contributed by atoms with Gasteiger partial charge >= 0.3 is 0 Å². The van der Waals surface area contributed by atoms with E-state index < -0.39 is 0 Å². The standard InChI is InChI=1S/C14H13NO/c15-14(16)13-8-12(13)11-6-5-9-3-1-2-4-10(9)7-11/h1-7,12-13H,8H2,(H2,15,16)/t12-,13+/m0/s1. The molecule has 80 valence electrons. The van der Waals surface area contributed by atoms with Gasteiger partial charge in [0, 0.05) is 5.92 Å². The third-order valence-corrected chi connectivity index (χ3v) is 3.36. The number of hydrogen-bond acceptors (Lipinski definition) is 1. The van der Waals surface area contributed by atoms with Crippen LogP contribution in [0.5, 0.6) is 0 Å². The van der Waals surface area contributed by atoms with E-state index in [1.54, 1.807) is 0 Å². The summed E-state index contributed by atoms with van der Waals surface area (Å²) in [4.78, 5) is 11.0. The number of carbonyl (C=O) groups is 1. The van der Waals surface area contributed by atoms with Crippen LogP contribution in [0.3, 0.4) is 0 Å². The fourth-order valence-corrected chi connectivity index (χ4v) is 2.32. The van der Waals surface area contributed by atoms with E-state index in [2.05, 4.69) is 30.3 Å². The van der Waals surface area contributed by atoms with Gasteiger partial charge in [-0.3, -0.25) is 4.79 Å². The van der Waals surface area contributed by atoms with Crippen LogP contribution in [0.2, 0.25) is 0 Å². The van der Waals surface area contributed by atoms with Crippen LogP contribution in [0.4, 0.5) is 0 Å². The Kier molecular flexibility index (Phi) is 1.96. The molecule has 0 heterocycles. The minimum absolute atomic E-state index is 0.0566. The smallest absolute Gasteiger partial charge is 0.221 e. The fourth-order valence-electron chi connectivity index (χ4n) is 2.32. The number of hydrogen-bond donors (Lipinski definition) is 1. The predicted molar refractivity (Wildman–Crippen MR) is 64.0 cm³/mol. The van der Waals surface area contributed by atoms with Crippen molar-refractivity contribution in [2.24, 2.45) is 11.7 Å². The number of rotatable bonds is 2. The van der Waals surface area contributed by atoms with E-state index in [4.69, 9.17) is 5.73 Å². The van der Waals surface area contributed by atoms with Crippen LogP contribution < -0.4 is 5.73 Å². The van der Waals surface area contributed by atoms with Crippen LogP contribution in [-0.4, -0.2) is 5.91 Å². The van der Waals surface area contributed by atoms with Gasteiger partial charge in [0.25, 0.3) is 0 Å². The van der Waals surface area contributed by atoms with E-state index in [9.17, 15) is 4.79 Å². The molecule has 1 saturated carbocycles. The summed E-state index contributed by atoms with van der Waals surface area (Å²) in [7, 11) is 0.